The molecule has 0 aromatic rings. The number of hydrogen-bond acceptors (Lipinski definition) is 0. The monoisotopic (exact) mass is 326 g/mol. The van der Waals surface area contributed by atoms with Crippen molar-refractivity contribution in [3.05, 3.63) is 0 Å². The summed E-state index contributed by atoms with van der Waals surface area (Å²) in [5.41, 5.74) is 0. The van der Waals surface area contributed by atoms with Crippen molar-refractivity contribution in [2.75, 3.05) is 0 Å². The molecule has 22 valence electrons. The van der Waals surface area contributed by atoms with Crippen LogP contribution in [0.2, 0.25) is 0 Å². The second-order valence-corrected chi connectivity index (χ2v) is 0. The molecule has 0 fully saturated rings. The topological polar surface area (TPSA) is 0 Å². The van der Waals surface area contributed by atoms with Crippen LogP contribution >= 0.6 is 0 Å². The molecule has 0 unspecified atom stereocenters. The van der Waals surface area contributed by atoms with Crippen molar-refractivity contribution in [1.82, 2.24) is 0 Å². The van der Waals surface area contributed by atoms with Crippen LogP contribution < -0.4 is 18.9 Å². The van der Waals surface area contributed by atoms with Gasteiger partial charge in [-0.2, -0.15) is 0 Å². The zero-order chi connectivity index (χ0) is 2.00. The largest absolute Gasteiger partial charge is 1.00 e. The van der Waals surface area contributed by atoms with Crippen LogP contribution in [0.15, 0.2) is 0 Å². The molecule has 0 saturated carbocycles. The van der Waals surface area contributed by atoms with E-state index in [0.717, 1.165) is 10.1 Å². The Labute approximate surface area is 82.6 Å². The van der Waals surface area contributed by atoms with E-state index in [4.69, 9.17) is 0 Å². The van der Waals surface area contributed by atoms with Crippen molar-refractivity contribution in [3.63, 3.8) is 0 Å². The summed E-state index contributed by atoms with van der Waals surface area (Å²) in [5, 5.41) is 0. The Kier molecular flexibility index (Phi) is 171. The molecule has 0 aromatic heterocycles. The first-order valence-electron chi connectivity index (χ1n) is 0.577. The van der Waals surface area contributed by atoms with Crippen molar-refractivity contribution in [3.8, 4) is 0 Å². The average molecular weight is 327 g/mol. The Morgan fingerprint density at radius 3 is 1.40 bits per heavy atom. The standard InChI is InChI=1S/BH3Si.Bi.Li.Zn.4H/c1-2;;;;;;;/h2H3;;;;;;;/q;;+1;;;;;-1. The van der Waals surface area contributed by atoms with Gasteiger partial charge in [0.15, 0.2) is 0 Å². The summed E-state index contributed by atoms with van der Waals surface area (Å²) >= 11 is 0. The molecule has 0 amide bonds. The molecule has 5 heavy (non-hydrogen) atoms. The predicted octanol–water partition coefficient (Wildman–Crippen LogP) is -5.63. The Morgan fingerprint density at radius 1 is 1.40 bits per heavy atom. The van der Waals surface area contributed by atoms with Crippen LogP contribution in [0.4, 0.5) is 0 Å². The van der Waals surface area contributed by atoms with Crippen molar-refractivity contribution in [1.29, 1.82) is 0 Å². The van der Waals surface area contributed by atoms with Crippen molar-refractivity contribution < 1.29 is 39.8 Å². The van der Waals surface area contributed by atoms with Gasteiger partial charge < -0.3 is 1.43 Å². The number of hydrogen-bond donors (Lipinski definition) is 0. The third-order valence-electron chi connectivity index (χ3n) is 0. The van der Waals surface area contributed by atoms with Gasteiger partial charge in [0.05, 0.1) is 0 Å². The molecular formula is H7BBiLiSiZn. The van der Waals surface area contributed by atoms with E-state index in [1.54, 1.807) is 0 Å². The Morgan fingerprint density at radius 2 is 1.40 bits per heavy atom. The van der Waals surface area contributed by atoms with E-state index in [1.807, 2.05) is 0 Å². The maximum atomic E-state index is 4.64. The van der Waals surface area contributed by atoms with Crippen LogP contribution in [0, 0.1) is 0 Å². The molecule has 0 atom stereocenters. The summed E-state index contributed by atoms with van der Waals surface area (Å²) < 4.78 is 0. The first-order valence-corrected chi connectivity index (χ1v) is 1.73. The van der Waals surface area contributed by atoms with E-state index < -0.39 is 0 Å². The quantitative estimate of drug-likeness (QED) is 0.389. The predicted molar refractivity (Wildman–Crippen MR) is 26.7 cm³/mol. The van der Waals surface area contributed by atoms with Gasteiger partial charge in [0.1, 0.15) is 0 Å². The molecule has 0 heterocycles. The Hall–Kier alpha value is 2.39. The number of rotatable bonds is 0. The fourth-order valence-electron chi connectivity index (χ4n) is 0. The van der Waals surface area contributed by atoms with E-state index in [-0.39, 0.29) is 66.0 Å². The van der Waals surface area contributed by atoms with Crippen LogP contribution in [0.3, 0.4) is 0 Å². The Bertz CT molecular complexity index is 15.5. The van der Waals surface area contributed by atoms with Gasteiger partial charge in [-0.05, 0) is 10.1 Å². The van der Waals surface area contributed by atoms with Gasteiger partial charge in [0.25, 0.3) is 0 Å². The van der Waals surface area contributed by atoms with E-state index in [9.17, 15) is 0 Å². The van der Waals surface area contributed by atoms with Crippen LogP contribution in [0.1, 0.15) is 1.43 Å². The van der Waals surface area contributed by atoms with Gasteiger partial charge in [-0.25, -0.2) is 0 Å². The van der Waals surface area contributed by atoms with Crippen LogP contribution in [0.25, 0.3) is 0 Å². The van der Waals surface area contributed by atoms with Gasteiger partial charge in [-0.15, -0.1) is 0 Å². The van der Waals surface area contributed by atoms with Crippen LogP contribution in [0.5, 0.6) is 0 Å². The summed E-state index contributed by atoms with van der Waals surface area (Å²) in [7, 11) is 5.44. The first kappa shape index (κ1) is 26.3. The van der Waals surface area contributed by atoms with Gasteiger partial charge in [0, 0.05) is 26.9 Å². The van der Waals surface area contributed by atoms with Gasteiger partial charge in [0.2, 0.25) is 0 Å². The fraction of sp³-hybridized carbons (Fsp3) is 0. The van der Waals surface area contributed by atoms with Gasteiger partial charge in [-0.1, -0.05) is 0 Å². The molecule has 2 radical (unpaired) electrons. The maximum Gasteiger partial charge on any atom is 1.00 e. The molecule has 0 rings (SSSR count). The molecule has 0 nitrogen and oxygen atoms in total. The summed E-state index contributed by atoms with van der Waals surface area (Å²) in [6, 6.07) is 0. The van der Waals surface area contributed by atoms with Crippen molar-refractivity contribution in [2.45, 2.75) is 0 Å². The SMILES string of the molecule is [B][SiH3].[BiH3].[H-].[Li+].[Zn]. The smallest absolute Gasteiger partial charge is 1.00 e. The van der Waals surface area contributed by atoms with E-state index in [2.05, 4.69) is 7.44 Å². The summed E-state index contributed by atoms with van der Waals surface area (Å²) in [4.78, 5) is 0. The molecule has 0 aliphatic heterocycles. The minimum absolute atomic E-state index is 0. The minimum atomic E-state index is 0. The summed E-state index contributed by atoms with van der Waals surface area (Å²) in [6.45, 7) is 0. The second-order valence-electron chi connectivity index (χ2n) is 0. The van der Waals surface area contributed by atoms with Gasteiger partial charge in [-0.3, -0.25) is 0 Å². The van der Waals surface area contributed by atoms with Crippen LogP contribution in [-0.2, 0) is 19.5 Å². The van der Waals surface area contributed by atoms with E-state index in [1.165, 1.54) is 0 Å². The molecule has 0 N–H and O–H groups in total. The zero-order valence-electron chi connectivity index (χ0n) is 4.99. The first-order chi connectivity index (χ1) is 1.00. The summed E-state index contributed by atoms with van der Waals surface area (Å²) in [5.74, 6) is 0. The van der Waals surface area contributed by atoms with E-state index in [0.29, 0.717) is 0 Å². The molecule has 0 aliphatic carbocycles. The zero-order valence-corrected chi connectivity index (χ0v) is 14.5. The second kappa shape index (κ2) is 32.5. The van der Waals surface area contributed by atoms with Crippen molar-refractivity contribution in [2.24, 2.45) is 0 Å². The fourth-order valence-corrected chi connectivity index (χ4v) is 0. The summed E-state index contributed by atoms with van der Waals surface area (Å²) in [6.07, 6.45) is 0. The van der Waals surface area contributed by atoms with Crippen molar-refractivity contribution >= 4 is 43.8 Å². The molecule has 0 saturated heterocycles. The maximum absolute atomic E-state index is 4.64. The molecule has 0 spiro atoms. The third kappa shape index (κ3) is 21.6. The van der Waals surface area contributed by atoms with E-state index >= 15 is 0 Å². The Balaban J connectivity index is -0.000000000833. The van der Waals surface area contributed by atoms with Crippen LogP contribution in [-0.4, -0.2) is 43.8 Å². The molecule has 0 bridgehead atoms. The average Bonchev–Trinajstić information content (AvgIpc) is 1.00. The van der Waals surface area contributed by atoms with Gasteiger partial charge >= 0.3 is 45.1 Å². The molecule has 5 heteroatoms. The minimum Gasteiger partial charge on any atom is -1.00 e. The normalized spacial score (nSPS) is 1.60. The third-order valence-corrected chi connectivity index (χ3v) is 0. The molecular weight excluding hydrogens is 320 g/mol. The molecule has 0 aliphatic rings. The molecule has 0 aromatic carbocycles.